The summed E-state index contributed by atoms with van der Waals surface area (Å²) in [5, 5.41) is 11.8. The summed E-state index contributed by atoms with van der Waals surface area (Å²) in [5.41, 5.74) is 3.31. The van der Waals surface area contributed by atoms with E-state index in [1.807, 2.05) is 64.1 Å². The van der Waals surface area contributed by atoms with E-state index >= 15 is 0 Å². The molecular weight excluding hydrogens is 364 g/mol. The van der Waals surface area contributed by atoms with E-state index in [9.17, 15) is 4.79 Å². The van der Waals surface area contributed by atoms with Crippen LogP contribution in [0.15, 0.2) is 40.9 Å². The Kier molecular flexibility index (Phi) is 5.39. The maximum Gasteiger partial charge on any atom is 0.231 e. The smallest absolute Gasteiger partial charge is 0.231 e. The Morgan fingerprint density at radius 3 is 2.24 bits per heavy atom. The second-order valence-corrected chi connectivity index (χ2v) is 9.57. The molecule has 0 bridgehead atoms. The summed E-state index contributed by atoms with van der Waals surface area (Å²) in [6.45, 7) is 14.5. The lowest BCUT2D eigenvalue weighted by atomic mass is 9.92. The van der Waals surface area contributed by atoms with Crippen LogP contribution < -0.4 is 5.32 Å². The molecule has 0 radical (unpaired) electrons. The summed E-state index contributed by atoms with van der Waals surface area (Å²) >= 11 is 0. The van der Waals surface area contributed by atoms with Crippen LogP contribution in [0, 0.1) is 6.92 Å². The van der Waals surface area contributed by atoms with Crippen LogP contribution >= 0.6 is 0 Å². The van der Waals surface area contributed by atoms with Gasteiger partial charge in [0.2, 0.25) is 5.91 Å². The number of aryl methyl sites for hydroxylation is 1. The Morgan fingerprint density at radius 2 is 1.69 bits per heavy atom. The van der Waals surface area contributed by atoms with Crippen LogP contribution in [0.4, 0.5) is 5.82 Å². The zero-order valence-corrected chi connectivity index (χ0v) is 18.3. The Balaban J connectivity index is 1.85. The normalized spacial score (nSPS) is 12.2. The molecule has 6 heteroatoms. The molecule has 154 valence electrons. The van der Waals surface area contributed by atoms with E-state index in [1.54, 1.807) is 4.68 Å². The number of carbonyl (C=O) groups is 1. The van der Waals surface area contributed by atoms with Crippen LogP contribution in [0.25, 0.3) is 5.69 Å². The van der Waals surface area contributed by atoms with Gasteiger partial charge in [0.05, 0.1) is 23.5 Å². The third-order valence-electron chi connectivity index (χ3n) is 4.66. The van der Waals surface area contributed by atoms with Gasteiger partial charge < -0.3 is 9.84 Å². The minimum absolute atomic E-state index is 0.136. The molecule has 1 aromatic carbocycles. The standard InChI is InChI=1S/C23H30N4O2/c1-15-8-10-17(11-9-15)27-20(14-18(25-27)22(2,3)4)24-21(28)13-16-12-19(29-26-16)23(5,6)7/h8-12,14H,13H2,1-7H3,(H,24,28). The van der Waals surface area contributed by atoms with Gasteiger partial charge in [-0.15, -0.1) is 0 Å². The van der Waals surface area contributed by atoms with Crippen LogP contribution in [0.1, 0.15) is 64.3 Å². The van der Waals surface area contributed by atoms with Crippen LogP contribution in [-0.4, -0.2) is 20.8 Å². The first kappa shape index (κ1) is 20.8. The first-order valence-corrected chi connectivity index (χ1v) is 9.87. The number of hydrogen-bond acceptors (Lipinski definition) is 4. The molecule has 3 rings (SSSR count). The number of benzene rings is 1. The number of nitrogens with one attached hydrogen (secondary N) is 1. The SMILES string of the molecule is Cc1ccc(-n2nc(C(C)(C)C)cc2NC(=O)Cc2cc(C(C)(C)C)on2)cc1. The number of nitrogens with zero attached hydrogens (tertiary/aromatic N) is 3. The molecule has 0 fully saturated rings. The van der Waals surface area contributed by atoms with Gasteiger partial charge in [0, 0.05) is 23.0 Å². The van der Waals surface area contributed by atoms with Crippen molar-refractivity contribution >= 4 is 11.7 Å². The van der Waals surface area contributed by atoms with Crippen LogP contribution in [0.3, 0.4) is 0 Å². The molecule has 29 heavy (non-hydrogen) atoms. The highest BCUT2D eigenvalue weighted by molar-refractivity contribution is 5.91. The summed E-state index contributed by atoms with van der Waals surface area (Å²) in [4.78, 5) is 12.7. The van der Waals surface area contributed by atoms with Crippen molar-refractivity contribution in [2.24, 2.45) is 0 Å². The lowest BCUT2D eigenvalue weighted by Crippen LogP contribution is -2.17. The highest BCUT2D eigenvalue weighted by Crippen LogP contribution is 2.27. The number of aromatic nitrogens is 3. The third kappa shape index (κ3) is 4.94. The average Bonchev–Trinajstić information content (AvgIpc) is 3.22. The first-order chi connectivity index (χ1) is 13.4. The molecule has 0 unspecified atom stereocenters. The molecule has 0 spiro atoms. The number of amides is 1. The van der Waals surface area contributed by atoms with Gasteiger partial charge in [-0.05, 0) is 19.1 Å². The summed E-state index contributed by atoms with van der Waals surface area (Å²) in [6, 6.07) is 11.8. The largest absolute Gasteiger partial charge is 0.361 e. The molecule has 0 aliphatic rings. The predicted octanol–water partition coefficient (Wildman–Crippen LogP) is 4.94. The number of hydrogen-bond donors (Lipinski definition) is 1. The number of rotatable bonds is 4. The molecule has 6 nitrogen and oxygen atoms in total. The predicted molar refractivity (Wildman–Crippen MR) is 115 cm³/mol. The second kappa shape index (κ2) is 7.50. The van der Waals surface area contributed by atoms with Gasteiger partial charge in [-0.1, -0.05) is 64.4 Å². The molecular formula is C23H30N4O2. The highest BCUT2D eigenvalue weighted by atomic mass is 16.5. The fourth-order valence-electron chi connectivity index (χ4n) is 2.82. The van der Waals surface area contributed by atoms with Gasteiger partial charge in [0.15, 0.2) is 0 Å². The maximum atomic E-state index is 12.7. The zero-order chi connectivity index (χ0) is 21.4. The van der Waals surface area contributed by atoms with Crippen molar-refractivity contribution in [3.63, 3.8) is 0 Å². The minimum atomic E-state index is -0.160. The van der Waals surface area contributed by atoms with Crippen molar-refractivity contribution in [3.8, 4) is 5.69 Å². The topological polar surface area (TPSA) is 73.0 Å². The molecule has 0 aliphatic heterocycles. The zero-order valence-electron chi connectivity index (χ0n) is 18.3. The van der Waals surface area contributed by atoms with Crippen molar-refractivity contribution in [1.29, 1.82) is 0 Å². The summed E-state index contributed by atoms with van der Waals surface area (Å²) in [5.74, 6) is 1.25. The second-order valence-electron chi connectivity index (χ2n) is 9.57. The minimum Gasteiger partial charge on any atom is -0.361 e. The number of anilines is 1. The van der Waals surface area contributed by atoms with Gasteiger partial charge in [-0.25, -0.2) is 4.68 Å². The van der Waals surface area contributed by atoms with Crippen LogP contribution in [0.5, 0.6) is 0 Å². The quantitative estimate of drug-likeness (QED) is 0.680. The summed E-state index contributed by atoms with van der Waals surface area (Å²) < 4.78 is 7.16. The lowest BCUT2D eigenvalue weighted by Gasteiger charge is -2.14. The maximum absolute atomic E-state index is 12.7. The Hall–Kier alpha value is -2.89. The summed E-state index contributed by atoms with van der Waals surface area (Å²) in [7, 11) is 0. The van der Waals surface area contributed by atoms with Crippen molar-refractivity contribution in [1.82, 2.24) is 14.9 Å². The van der Waals surface area contributed by atoms with Crippen molar-refractivity contribution in [2.45, 2.75) is 65.7 Å². The van der Waals surface area contributed by atoms with Crippen molar-refractivity contribution in [3.05, 3.63) is 59.1 Å². The fraction of sp³-hybridized carbons (Fsp3) is 0.435. The number of carbonyl (C=O) groups excluding carboxylic acids is 1. The monoisotopic (exact) mass is 394 g/mol. The van der Waals surface area contributed by atoms with Crippen LogP contribution in [0.2, 0.25) is 0 Å². The summed E-state index contributed by atoms with van der Waals surface area (Å²) in [6.07, 6.45) is 0.142. The average molecular weight is 395 g/mol. The van der Waals surface area contributed by atoms with Gasteiger partial charge in [0.25, 0.3) is 0 Å². The van der Waals surface area contributed by atoms with E-state index in [-0.39, 0.29) is 23.2 Å². The van der Waals surface area contributed by atoms with Crippen LogP contribution in [-0.2, 0) is 22.0 Å². The van der Waals surface area contributed by atoms with Gasteiger partial charge in [-0.2, -0.15) is 5.10 Å². The molecule has 2 heterocycles. The molecule has 0 atom stereocenters. The van der Waals surface area contributed by atoms with E-state index in [0.29, 0.717) is 11.5 Å². The van der Waals surface area contributed by atoms with Gasteiger partial charge >= 0.3 is 0 Å². The lowest BCUT2D eigenvalue weighted by molar-refractivity contribution is -0.115. The molecule has 3 aromatic rings. The van der Waals surface area contributed by atoms with Crippen molar-refractivity contribution < 1.29 is 9.32 Å². The van der Waals surface area contributed by atoms with E-state index < -0.39 is 0 Å². The van der Waals surface area contributed by atoms with E-state index in [0.717, 1.165) is 17.1 Å². The Bertz CT molecular complexity index is 999. The Labute approximate surface area is 172 Å². The highest BCUT2D eigenvalue weighted by Gasteiger charge is 2.23. The molecule has 0 saturated heterocycles. The fourth-order valence-corrected chi connectivity index (χ4v) is 2.82. The first-order valence-electron chi connectivity index (χ1n) is 9.87. The van der Waals surface area contributed by atoms with E-state index in [4.69, 9.17) is 9.62 Å². The molecule has 0 aliphatic carbocycles. The Morgan fingerprint density at radius 1 is 1.03 bits per heavy atom. The molecule has 1 amide bonds. The molecule has 1 N–H and O–H groups in total. The van der Waals surface area contributed by atoms with Gasteiger partial charge in [0.1, 0.15) is 11.6 Å². The van der Waals surface area contributed by atoms with Crippen molar-refractivity contribution in [2.75, 3.05) is 5.32 Å². The van der Waals surface area contributed by atoms with E-state index in [1.165, 1.54) is 5.56 Å². The molecule has 0 saturated carbocycles. The van der Waals surface area contributed by atoms with Gasteiger partial charge in [-0.3, -0.25) is 4.79 Å². The van der Waals surface area contributed by atoms with E-state index in [2.05, 4.69) is 31.2 Å². The third-order valence-corrected chi connectivity index (χ3v) is 4.66. The molecule has 2 aromatic heterocycles.